The van der Waals surface area contributed by atoms with E-state index in [-0.39, 0.29) is 36.3 Å². The fraction of sp³-hybridized carbons (Fsp3) is 0.542. The standard InChI is InChI=1S/C24H36N6O4/c1-3-16(2)20(25)23(34)29-14-8-12-19(29)22(33)30(21(32)17-9-5-4-6-10-17)18(15-31)11-7-13-28-24(26)27/h4-6,9-10,15-16,18-20H,3,7-8,11-14,25H2,1-2H3,(H4,26,27,28)/t16-,18-,19-,20+/m0/s1. The van der Waals surface area contributed by atoms with Gasteiger partial charge in [-0.1, -0.05) is 38.5 Å². The number of imide groups is 1. The highest BCUT2D eigenvalue weighted by atomic mass is 16.2. The van der Waals surface area contributed by atoms with Gasteiger partial charge < -0.3 is 26.9 Å². The van der Waals surface area contributed by atoms with Crippen molar-refractivity contribution in [1.82, 2.24) is 9.80 Å². The predicted molar refractivity (Wildman–Crippen MR) is 130 cm³/mol. The second-order valence-corrected chi connectivity index (χ2v) is 8.63. The summed E-state index contributed by atoms with van der Waals surface area (Å²) >= 11 is 0. The van der Waals surface area contributed by atoms with Crippen LogP contribution in [0.5, 0.6) is 0 Å². The lowest BCUT2D eigenvalue weighted by Gasteiger charge is -2.34. The summed E-state index contributed by atoms with van der Waals surface area (Å²) in [6.45, 7) is 4.47. The molecule has 0 radical (unpaired) electrons. The fourth-order valence-electron chi connectivity index (χ4n) is 4.04. The number of hydrogen-bond acceptors (Lipinski definition) is 6. The molecule has 3 amide bonds. The third kappa shape index (κ3) is 6.63. The summed E-state index contributed by atoms with van der Waals surface area (Å²) < 4.78 is 0. The van der Waals surface area contributed by atoms with E-state index < -0.39 is 29.9 Å². The van der Waals surface area contributed by atoms with Gasteiger partial charge in [-0.15, -0.1) is 0 Å². The number of aldehydes is 1. The SMILES string of the molecule is CC[C@H](C)[C@@H](N)C(=O)N1CCC[C@H]1C(=O)N(C(=O)c1ccccc1)[C@H](C=O)CCCN=C(N)N. The minimum atomic E-state index is -1.02. The van der Waals surface area contributed by atoms with Crippen LogP contribution in [-0.2, 0) is 14.4 Å². The van der Waals surface area contributed by atoms with Gasteiger partial charge in [-0.3, -0.25) is 24.3 Å². The maximum Gasteiger partial charge on any atom is 0.261 e. The van der Waals surface area contributed by atoms with Crippen molar-refractivity contribution in [3.05, 3.63) is 35.9 Å². The van der Waals surface area contributed by atoms with Crippen LogP contribution < -0.4 is 17.2 Å². The quantitative estimate of drug-likeness (QED) is 0.140. The third-order valence-electron chi connectivity index (χ3n) is 6.28. The molecule has 34 heavy (non-hydrogen) atoms. The fourth-order valence-corrected chi connectivity index (χ4v) is 4.04. The molecule has 2 rings (SSSR count). The van der Waals surface area contributed by atoms with E-state index in [1.54, 1.807) is 30.3 Å². The lowest BCUT2D eigenvalue weighted by Crippen LogP contribution is -2.56. The topological polar surface area (TPSA) is 165 Å². The van der Waals surface area contributed by atoms with Gasteiger partial charge in [0.05, 0.1) is 12.1 Å². The van der Waals surface area contributed by atoms with Gasteiger partial charge >= 0.3 is 0 Å². The van der Waals surface area contributed by atoms with E-state index in [2.05, 4.69) is 4.99 Å². The zero-order chi connectivity index (χ0) is 25.3. The van der Waals surface area contributed by atoms with Crippen LogP contribution in [-0.4, -0.2) is 71.0 Å². The normalized spacial score (nSPS) is 18.0. The molecule has 0 unspecified atom stereocenters. The summed E-state index contributed by atoms with van der Waals surface area (Å²) in [6.07, 6.45) is 2.90. The van der Waals surface area contributed by atoms with Crippen molar-refractivity contribution in [1.29, 1.82) is 0 Å². The highest BCUT2D eigenvalue weighted by molar-refractivity contribution is 6.08. The second-order valence-electron chi connectivity index (χ2n) is 8.63. The van der Waals surface area contributed by atoms with Crippen LogP contribution in [0.1, 0.15) is 56.3 Å². The van der Waals surface area contributed by atoms with Gasteiger partial charge in [-0.25, -0.2) is 0 Å². The van der Waals surface area contributed by atoms with Crippen molar-refractivity contribution in [3.8, 4) is 0 Å². The van der Waals surface area contributed by atoms with Crippen LogP contribution in [0.4, 0.5) is 0 Å². The summed E-state index contributed by atoms with van der Waals surface area (Å²) in [5.41, 5.74) is 17.1. The molecule has 1 aromatic rings. The highest BCUT2D eigenvalue weighted by Crippen LogP contribution is 2.24. The van der Waals surface area contributed by atoms with Gasteiger partial charge in [-0.2, -0.15) is 0 Å². The van der Waals surface area contributed by atoms with Crippen molar-refractivity contribution in [2.24, 2.45) is 28.1 Å². The van der Waals surface area contributed by atoms with Crippen LogP contribution in [0.25, 0.3) is 0 Å². The molecule has 1 aliphatic rings. The number of hydrogen-bond donors (Lipinski definition) is 3. The Morgan fingerprint density at radius 2 is 1.91 bits per heavy atom. The van der Waals surface area contributed by atoms with Gasteiger partial charge in [0.2, 0.25) is 5.91 Å². The van der Waals surface area contributed by atoms with Crippen LogP contribution in [0.15, 0.2) is 35.3 Å². The zero-order valence-corrected chi connectivity index (χ0v) is 19.9. The van der Waals surface area contributed by atoms with E-state index in [0.29, 0.717) is 32.1 Å². The number of rotatable bonds is 11. The first-order chi connectivity index (χ1) is 16.2. The number of carbonyl (C=O) groups is 4. The molecule has 186 valence electrons. The average molecular weight is 473 g/mol. The van der Waals surface area contributed by atoms with E-state index >= 15 is 0 Å². The molecule has 4 atom stereocenters. The first kappa shape index (κ1) is 27.0. The Morgan fingerprint density at radius 1 is 1.24 bits per heavy atom. The molecule has 6 N–H and O–H groups in total. The summed E-state index contributed by atoms with van der Waals surface area (Å²) in [4.78, 5) is 58.6. The van der Waals surface area contributed by atoms with Crippen LogP contribution >= 0.6 is 0 Å². The van der Waals surface area contributed by atoms with E-state index in [1.807, 2.05) is 13.8 Å². The third-order valence-corrected chi connectivity index (χ3v) is 6.28. The number of nitrogens with two attached hydrogens (primary N) is 3. The average Bonchev–Trinajstić information content (AvgIpc) is 3.34. The minimum absolute atomic E-state index is 0.0517. The van der Waals surface area contributed by atoms with Crippen LogP contribution in [0.3, 0.4) is 0 Å². The van der Waals surface area contributed by atoms with Crippen molar-refractivity contribution in [3.63, 3.8) is 0 Å². The Morgan fingerprint density at radius 3 is 2.50 bits per heavy atom. The molecule has 1 aliphatic heterocycles. The number of likely N-dealkylation sites (tertiary alicyclic amines) is 1. The number of amides is 3. The smallest absolute Gasteiger partial charge is 0.261 e. The predicted octanol–water partition coefficient (Wildman–Crippen LogP) is 0.641. The minimum Gasteiger partial charge on any atom is -0.370 e. The van der Waals surface area contributed by atoms with Gasteiger partial charge in [0.15, 0.2) is 5.96 Å². The Labute approximate surface area is 200 Å². The molecular weight excluding hydrogens is 436 g/mol. The monoisotopic (exact) mass is 472 g/mol. The molecule has 10 heteroatoms. The van der Waals surface area contributed by atoms with Crippen molar-refractivity contribution < 1.29 is 19.2 Å². The molecule has 1 fully saturated rings. The van der Waals surface area contributed by atoms with Gasteiger partial charge in [0.25, 0.3) is 11.8 Å². The maximum atomic E-state index is 13.7. The van der Waals surface area contributed by atoms with Gasteiger partial charge in [0.1, 0.15) is 12.3 Å². The van der Waals surface area contributed by atoms with E-state index in [4.69, 9.17) is 17.2 Å². The van der Waals surface area contributed by atoms with Gasteiger partial charge in [0, 0.05) is 18.7 Å². The second kappa shape index (κ2) is 12.8. The van der Waals surface area contributed by atoms with E-state index in [0.717, 1.165) is 11.3 Å². The Balaban J connectivity index is 2.33. The number of guanidine groups is 1. The molecule has 10 nitrogen and oxygen atoms in total. The lowest BCUT2D eigenvalue weighted by molar-refractivity contribution is -0.145. The Hall–Kier alpha value is -3.27. The number of nitrogens with zero attached hydrogens (tertiary/aromatic N) is 3. The van der Waals surface area contributed by atoms with Crippen molar-refractivity contribution >= 4 is 30.0 Å². The zero-order valence-electron chi connectivity index (χ0n) is 19.9. The van der Waals surface area contributed by atoms with E-state index in [9.17, 15) is 19.2 Å². The lowest BCUT2D eigenvalue weighted by atomic mass is 9.98. The molecular formula is C24H36N6O4. The Kier molecular flexibility index (Phi) is 10.2. The molecule has 0 saturated carbocycles. The summed E-state index contributed by atoms with van der Waals surface area (Å²) in [7, 11) is 0. The summed E-state index contributed by atoms with van der Waals surface area (Å²) in [5, 5.41) is 0. The number of carbonyl (C=O) groups excluding carboxylic acids is 4. The van der Waals surface area contributed by atoms with Crippen LogP contribution in [0.2, 0.25) is 0 Å². The molecule has 0 bridgehead atoms. The van der Waals surface area contributed by atoms with Crippen LogP contribution in [0, 0.1) is 5.92 Å². The van der Waals surface area contributed by atoms with E-state index in [1.165, 1.54) is 4.90 Å². The molecule has 1 aromatic carbocycles. The van der Waals surface area contributed by atoms with Crippen molar-refractivity contribution in [2.75, 3.05) is 13.1 Å². The first-order valence-electron chi connectivity index (χ1n) is 11.7. The molecule has 1 saturated heterocycles. The molecule has 1 heterocycles. The maximum absolute atomic E-state index is 13.7. The highest BCUT2D eigenvalue weighted by Gasteiger charge is 2.42. The first-order valence-corrected chi connectivity index (χ1v) is 11.7. The summed E-state index contributed by atoms with van der Waals surface area (Å²) in [5.74, 6) is -1.60. The number of aliphatic imine (C=N–C) groups is 1. The number of benzene rings is 1. The molecule has 0 spiro atoms. The molecule has 0 aliphatic carbocycles. The van der Waals surface area contributed by atoms with Crippen molar-refractivity contribution in [2.45, 2.75) is 64.1 Å². The van der Waals surface area contributed by atoms with Gasteiger partial charge in [-0.05, 0) is 43.7 Å². The molecule has 0 aromatic heterocycles. The Bertz CT molecular complexity index is 887. The summed E-state index contributed by atoms with van der Waals surface area (Å²) in [6, 6.07) is 5.68. The largest absolute Gasteiger partial charge is 0.370 e.